The molecule has 28 heavy (non-hydrogen) atoms. The maximum atomic E-state index is 12.6. The van der Waals surface area contributed by atoms with Crippen LogP contribution in [0.2, 0.25) is 10.0 Å². The van der Waals surface area contributed by atoms with E-state index in [1.54, 1.807) is 30.3 Å². The second-order valence-corrected chi connectivity index (χ2v) is 7.56. The Bertz CT molecular complexity index is 1320. The van der Waals surface area contributed by atoms with Crippen molar-refractivity contribution in [1.82, 2.24) is 19.5 Å². The molecule has 0 fully saturated rings. The standard InChI is InChI=1S/C18H10BrCl2N5O2/c19-9-3-1-2-8(6-9)16-23-13(15(22)27)14-17(25-16)26(18(28)24-14)10-4-5-11(20)12(21)7-10/h1-7H,(H2,22,27)(H,24,28). The molecule has 0 aliphatic rings. The number of rotatable bonds is 3. The first-order chi connectivity index (χ1) is 13.3. The highest BCUT2D eigenvalue weighted by Gasteiger charge is 2.20. The normalized spacial score (nSPS) is 11.1. The molecular formula is C18H10BrCl2N5O2. The number of aromatic nitrogens is 4. The Kier molecular flexibility index (Phi) is 4.70. The van der Waals surface area contributed by atoms with Crippen LogP contribution < -0.4 is 11.4 Å². The summed E-state index contributed by atoms with van der Waals surface area (Å²) >= 11 is 15.5. The van der Waals surface area contributed by atoms with Crippen LogP contribution in [0.1, 0.15) is 10.5 Å². The van der Waals surface area contributed by atoms with E-state index in [0.717, 1.165) is 4.47 Å². The summed E-state index contributed by atoms with van der Waals surface area (Å²) in [5.74, 6) is -0.540. The first-order valence-electron chi connectivity index (χ1n) is 7.89. The third-order valence-electron chi connectivity index (χ3n) is 4.01. The fourth-order valence-corrected chi connectivity index (χ4v) is 3.48. The van der Waals surface area contributed by atoms with Crippen LogP contribution in [-0.4, -0.2) is 25.4 Å². The molecule has 7 nitrogen and oxygen atoms in total. The van der Waals surface area contributed by atoms with Crippen LogP contribution in [-0.2, 0) is 0 Å². The number of amides is 1. The quantitative estimate of drug-likeness (QED) is 0.464. The third-order valence-corrected chi connectivity index (χ3v) is 5.25. The van der Waals surface area contributed by atoms with E-state index in [9.17, 15) is 9.59 Å². The molecule has 4 rings (SSSR count). The molecule has 0 aliphatic heterocycles. The Morgan fingerprint density at radius 3 is 2.57 bits per heavy atom. The van der Waals surface area contributed by atoms with E-state index >= 15 is 0 Å². The first kappa shape index (κ1) is 18.7. The van der Waals surface area contributed by atoms with E-state index in [0.29, 0.717) is 16.3 Å². The van der Waals surface area contributed by atoms with Crippen molar-refractivity contribution in [3.05, 3.63) is 73.2 Å². The van der Waals surface area contributed by atoms with Crippen molar-refractivity contribution in [2.24, 2.45) is 5.73 Å². The topological polar surface area (TPSA) is 107 Å². The van der Waals surface area contributed by atoms with Gasteiger partial charge in [0.1, 0.15) is 5.52 Å². The van der Waals surface area contributed by atoms with Gasteiger partial charge in [0, 0.05) is 10.0 Å². The number of hydrogen-bond donors (Lipinski definition) is 2. The van der Waals surface area contributed by atoms with Gasteiger partial charge >= 0.3 is 5.69 Å². The molecule has 2 aromatic heterocycles. The molecule has 0 aliphatic carbocycles. The third kappa shape index (κ3) is 3.19. The van der Waals surface area contributed by atoms with Crippen molar-refractivity contribution >= 4 is 56.2 Å². The van der Waals surface area contributed by atoms with Crippen molar-refractivity contribution in [2.75, 3.05) is 0 Å². The van der Waals surface area contributed by atoms with Crippen LogP contribution in [0.4, 0.5) is 0 Å². The summed E-state index contributed by atoms with van der Waals surface area (Å²) in [5.41, 5.74) is 6.30. The highest BCUT2D eigenvalue weighted by molar-refractivity contribution is 9.10. The van der Waals surface area contributed by atoms with Gasteiger partial charge in [-0.1, -0.05) is 51.3 Å². The number of primary amides is 1. The summed E-state index contributed by atoms with van der Waals surface area (Å²) in [6, 6.07) is 11.9. The molecule has 0 bridgehead atoms. The summed E-state index contributed by atoms with van der Waals surface area (Å²) < 4.78 is 2.10. The van der Waals surface area contributed by atoms with Gasteiger partial charge in [0.15, 0.2) is 17.2 Å². The fourth-order valence-electron chi connectivity index (χ4n) is 2.78. The molecule has 0 saturated carbocycles. The zero-order valence-electron chi connectivity index (χ0n) is 13.9. The smallest absolute Gasteiger partial charge is 0.332 e. The van der Waals surface area contributed by atoms with E-state index < -0.39 is 11.6 Å². The summed E-state index contributed by atoms with van der Waals surface area (Å²) in [5, 5.41) is 0.623. The largest absolute Gasteiger partial charge is 0.364 e. The number of carbonyl (C=O) groups excluding carboxylic acids is 1. The first-order valence-corrected chi connectivity index (χ1v) is 9.44. The number of nitrogens with two attached hydrogens (primary N) is 1. The number of fused-ring (bicyclic) bond motifs is 1. The molecular weight excluding hydrogens is 469 g/mol. The van der Waals surface area contributed by atoms with Gasteiger partial charge in [0.2, 0.25) is 0 Å². The van der Waals surface area contributed by atoms with Crippen LogP contribution in [0.25, 0.3) is 28.2 Å². The molecule has 0 radical (unpaired) electrons. The Labute approximate surface area is 176 Å². The molecule has 140 valence electrons. The minimum absolute atomic E-state index is 0.0871. The van der Waals surface area contributed by atoms with Gasteiger partial charge in [-0.05, 0) is 30.3 Å². The monoisotopic (exact) mass is 477 g/mol. The zero-order chi connectivity index (χ0) is 20.0. The van der Waals surface area contributed by atoms with Gasteiger partial charge in [-0.15, -0.1) is 0 Å². The Hall–Kier alpha value is -2.68. The van der Waals surface area contributed by atoms with Crippen molar-refractivity contribution in [2.45, 2.75) is 0 Å². The number of hydrogen-bond acceptors (Lipinski definition) is 4. The molecule has 0 atom stereocenters. The van der Waals surface area contributed by atoms with E-state index in [1.807, 2.05) is 6.07 Å². The molecule has 1 amide bonds. The molecule has 2 heterocycles. The lowest BCUT2D eigenvalue weighted by molar-refractivity contribution is 0.0997. The van der Waals surface area contributed by atoms with Gasteiger partial charge in [0.25, 0.3) is 5.91 Å². The second-order valence-electron chi connectivity index (χ2n) is 5.83. The number of H-pyrrole nitrogens is 1. The summed E-state index contributed by atoms with van der Waals surface area (Å²) in [6.45, 7) is 0. The lowest BCUT2D eigenvalue weighted by Crippen LogP contribution is -2.15. The van der Waals surface area contributed by atoms with E-state index in [2.05, 4.69) is 30.9 Å². The van der Waals surface area contributed by atoms with Crippen molar-refractivity contribution < 1.29 is 4.79 Å². The maximum absolute atomic E-state index is 12.6. The van der Waals surface area contributed by atoms with Crippen molar-refractivity contribution in [1.29, 1.82) is 0 Å². The molecule has 4 aromatic rings. The predicted octanol–water partition coefficient (Wildman–Crippen LogP) is 3.94. The number of carbonyl (C=O) groups is 1. The van der Waals surface area contributed by atoms with Gasteiger partial charge < -0.3 is 10.7 Å². The average Bonchev–Trinajstić information content (AvgIpc) is 2.98. The number of nitrogens with zero attached hydrogens (tertiary/aromatic N) is 3. The van der Waals surface area contributed by atoms with Crippen molar-refractivity contribution in [3.8, 4) is 17.1 Å². The minimum Gasteiger partial charge on any atom is -0.364 e. The average molecular weight is 479 g/mol. The maximum Gasteiger partial charge on any atom is 0.332 e. The molecule has 0 unspecified atom stereocenters. The molecule has 10 heteroatoms. The minimum atomic E-state index is -0.786. The summed E-state index contributed by atoms with van der Waals surface area (Å²) in [7, 11) is 0. The second kappa shape index (κ2) is 7.05. The van der Waals surface area contributed by atoms with Crippen LogP contribution in [0.5, 0.6) is 0 Å². The number of aromatic amines is 1. The SMILES string of the molecule is NC(=O)c1nc(-c2cccc(Br)c2)nc2c1[nH]c(=O)n2-c1ccc(Cl)c(Cl)c1. The van der Waals surface area contributed by atoms with Gasteiger partial charge in [-0.2, -0.15) is 0 Å². The van der Waals surface area contributed by atoms with Crippen LogP contribution in [0.3, 0.4) is 0 Å². The Balaban J connectivity index is 2.07. The highest BCUT2D eigenvalue weighted by Crippen LogP contribution is 2.27. The van der Waals surface area contributed by atoms with Crippen LogP contribution in [0.15, 0.2) is 51.7 Å². The molecule has 0 spiro atoms. The van der Waals surface area contributed by atoms with E-state index in [1.165, 1.54) is 10.6 Å². The fraction of sp³-hybridized carbons (Fsp3) is 0. The molecule has 2 aromatic carbocycles. The summed E-state index contributed by atoms with van der Waals surface area (Å²) in [6.07, 6.45) is 0. The van der Waals surface area contributed by atoms with E-state index in [4.69, 9.17) is 28.9 Å². The zero-order valence-corrected chi connectivity index (χ0v) is 17.0. The molecule has 0 saturated heterocycles. The van der Waals surface area contributed by atoms with Gasteiger partial charge in [0.05, 0.1) is 15.7 Å². The predicted molar refractivity (Wildman–Crippen MR) is 111 cm³/mol. The van der Waals surface area contributed by atoms with Gasteiger partial charge in [-0.25, -0.2) is 19.3 Å². The Morgan fingerprint density at radius 2 is 1.89 bits per heavy atom. The van der Waals surface area contributed by atoms with E-state index in [-0.39, 0.29) is 27.7 Å². The lowest BCUT2D eigenvalue weighted by atomic mass is 10.2. The number of benzene rings is 2. The van der Waals surface area contributed by atoms with Crippen LogP contribution in [0, 0.1) is 0 Å². The lowest BCUT2D eigenvalue weighted by Gasteiger charge is -2.07. The Morgan fingerprint density at radius 1 is 1.11 bits per heavy atom. The number of nitrogens with one attached hydrogen (secondary N) is 1. The molecule has 3 N–H and O–H groups in total. The number of halogens is 3. The van der Waals surface area contributed by atoms with Crippen molar-refractivity contribution in [3.63, 3.8) is 0 Å². The highest BCUT2D eigenvalue weighted by atomic mass is 79.9. The van der Waals surface area contributed by atoms with Crippen LogP contribution >= 0.6 is 39.1 Å². The van der Waals surface area contributed by atoms with Gasteiger partial charge in [-0.3, -0.25) is 4.79 Å². The number of imidazole rings is 1. The summed E-state index contributed by atoms with van der Waals surface area (Å²) in [4.78, 5) is 35.9.